The van der Waals surface area contributed by atoms with Crippen molar-refractivity contribution in [3.05, 3.63) is 42.7 Å². The minimum absolute atomic E-state index is 0.0161. The molecule has 114 valence electrons. The predicted molar refractivity (Wildman–Crippen MR) is 83.2 cm³/mol. The van der Waals surface area contributed by atoms with Crippen molar-refractivity contribution in [2.75, 3.05) is 5.73 Å². The third-order valence-electron chi connectivity index (χ3n) is 2.78. The molecule has 6 nitrogen and oxygen atoms in total. The van der Waals surface area contributed by atoms with Crippen LogP contribution < -0.4 is 5.73 Å². The van der Waals surface area contributed by atoms with E-state index in [-0.39, 0.29) is 11.6 Å². The maximum atomic E-state index is 13.9. The molecule has 0 saturated carbocycles. The van der Waals surface area contributed by atoms with Crippen molar-refractivity contribution in [1.82, 2.24) is 24.7 Å². The van der Waals surface area contributed by atoms with Gasteiger partial charge in [-0.2, -0.15) is 5.10 Å². The molecule has 0 fully saturated rings. The molecule has 0 saturated heterocycles. The summed E-state index contributed by atoms with van der Waals surface area (Å²) in [6, 6.07) is 3.64. The van der Waals surface area contributed by atoms with E-state index in [1.165, 1.54) is 0 Å². The fourth-order valence-electron chi connectivity index (χ4n) is 1.95. The van der Waals surface area contributed by atoms with E-state index in [1.54, 1.807) is 36.4 Å². The third kappa shape index (κ3) is 3.08. The number of nitrogen functional groups attached to an aromatic ring is 1. The van der Waals surface area contributed by atoms with Gasteiger partial charge in [-0.05, 0) is 12.1 Å². The van der Waals surface area contributed by atoms with Crippen LogP contribution in [0.15, 0.2) is 36.9 Å². The zero-order valence-corrected chi connectivity index (χ0v) is 12.7. The van der Waals surface area contributed by atoms with Crippen LogP contribution in [0, 0.1) is 5.82 Å². The van der Waals surface area contributed by atoms with Crippen molar-refractivity contribution in [2.45, 2.75) is 13.8 Å². The maximum Gasteiger partial charge on any atom is 0.220 e. The van der Waals surface area contributed by atoms with E-state index in [1.807, 2.05) is 19.9 Å². The Labute approximate surface area is 127 Å². The lowest BCUT2D eigenvalue weighted by Crippen LogP contribution is -1.99. The summed E-state index contributed by atoms with van der Waals surface area (Å²) < 4.78 is 15.5. The molecule has 0 aliphatic rings. The monoisotopic (exact) mass is 300 g/mol. The number of aryl methyl sites for hydroxylation is 1. The van der Waals surface area contributed by atoms with Gasteiger partial charge < -0.3 is 5.73 Å². The first-order valence-electron chi connectivity index (χ1n) is 6.87. The van der Waals surface area contributed by atoms with Gasteiger partial charge in [0, 0.05) is 36.8 Å². The second kappa shape index (κ2) is 6.75. The Morgan fingerprint density at radius 1 is 1.18 bits per heavy atom. The second-order valence-electron chi connectivity index (χ2n) is 4.23. The molecule has 0 aromatic carbocycles. The highest BCUT2D eigenvalue weighted by Crippen LogP contribution is 2.30. The number of hydrogen-bond donors (Lipinski definition) is 1. The van der Waals surface area contributed by atoms with Gasteiger partial charge in [-0.25, -0.2) is 14.4 Å². The van der Waals surface area contributed by atoms with Gasteiger partial charge in [-0.3, -0.25) is 9.67 Å². The summed E-state index contributed by atoms with van der Waals surface area (Å²) in [5.41, 5.74) is 7.58. The topological polar surface area (TPSA) is 82.5 Å². The highest BCUT2D eigenvalue weighted by atomic mass is 19.1. The summed E-state index contributed by atoms with van der Waals surface area (Å²) in [5.74, 6) is -0.528. The van der Waals surface area contributed by atoms with Crippen LogP contribution in [0.3, 0.4) is 0 Å². The van der Waals surface area contributed by atoms with Crippen molar-refractivity contribution in [1.29, 1.82) is 0 Å². The maximum absolute atomic E-state index is 13.9. The fourth-order valence-corrected chi connectivity index (χ4v) is 1.95. The van der Waals surface area contributed by atoms with E-state index in [2.05, 4.69) is 20.1 Å². The van der Waals surface area contributed by atoms with Crippen LogP contribution in [-0.2, 0) is 7.05 Å². The second-order valence-corrected chi connectivity index (χ2v) is 4.23. The normalized spacial score (nSPS) is 10.0. The fraction of sp³-hybridized carbons (Fsp3) is 0.200. The minimum atomic E-state index is -0.544. The minimum Gasteiger partial charge on any atom is -0.368 e. The van der Waals surface area contributed by atoms with E-state index in [0.29, 0.717) is 11.3 Å². The Kier molecular flexibility index (Phi) is 4.77. The van der Waals surface area contributed by atoms with Gasteiger partial charge in [0.05, 0.1) is 6.20 Å². The van der Waals surface area contributed by atoms with Gasteiger partial charge in [0.25, 0.3) is 0 Å². The SMILES string of the molecule is CC.Cn1cc(-c2nc(N)ncc2F)c(-c2cccnc2)n1. The smallest absolute Gasteiger partial charge is 0.220 e. The lowest BCUT2D eigenvalue weighted by Gasteiger charge is -2.03. The third-order valence-corrected chi connectivity index (χ3v) is 2.78. The summed E-state index contributed by atoms with van der Waals surface area (Å²) in [5, 5.41) is 4.34. The first-order valence-corrected chi connectivity index (χ1v) is 6.87. The van der Waals surface area contributed by atoms with Gasteiger partial charge in [-0.15, -0.1) is 0 Å². The van der Waals surface area contributed by atoms with Crippen LogP contribution in [0.4, 0.5) is 10.3 Å². The van der Waals surface area contributed by atoms with Crippen LogP contribution in [-0.4, -0.2) is 24.7 Å². The Hall–Kier alpha value is -2.83. The molecule has 0 atom stereocenters. The molecule has 0 aliphatic carbocycles. The van der Waals surface area contributed by atoms with Crippen molar-refractivity contribution < 1.29 is 4.39 Å². The van der Waals surface area contributed by atoms with Crippen molar-refractivity contribution in [3.63, 3.8) is 0 Å². The standard InChI is InChI=1S/C13H11FN6.C2H6/c1-20-7-9(12-10(14)6-17-13(15)18-12)11(19-20)8-3-2-4-16-5-8;1-2/h2-7H,1H3,(H2,15,17,18);1-2H3. The Balaban J connectivity index is 0.000000847. The highest BCUT2D eigenvalue weighted by Gasteiger charge is 2.17. The molecule has 0 spiro atoms. The molecule has 0 aliphatic heterocycles. The van der Waals surface area contributed by atoms with Crippen LogP contribution in [0.1, 0.15) is 13.8 Å². The van der Waals surface area contributed by atoms with Crippen LogP contribution in [0.5, 0.6) is 0 Å². The first-order chi connectivity index (χ1) is 10.6. The van der Waals surface area contributed by atoms with E-state index >= 15 is 0 Å². The van der Waals surface area contributed by atoms with E-state index in [9.17, 15) is 4.39 Å². The molecule has 2 N–H and O–H groups in total. The van der Waals surface area contributed by atoms with Crippen LogP contribution in [0.25, 0.3) is 22.5 Å². The van der Waals surface area contributed by atoms with Crippen molar-refractivity contribution in [2.24, 2.45) is 7.05 Å². The number of nitrogens with zero attached hydrogens (tertiary/aromatic N) is 5. The number of hydrogen-bond acceptors (Lipinski definition) is 5. The summed E-state index contributed by atoms with van der Waals surface area (Å²) in [6.45, 7) is 4.00. The summed E-state index contributed by atoms with van der Waals surface area (Å²) >= 11 is 0. The average molecular weight is 300 g/mol. The molecule has 3 rings (SSSR count). The molecule has 0 amide bonds. The van der Waals surface area contributed by atoms with Gasteiger partial charge in [-0.1, -0.05) is 13.8 Å². The quantitative estimate of drug-likeness (QED) is 0.786. The van der Waals surface area contributed by atoms with E-state index in [4.69, 9.17) is 5.73 Å². The molecule has 3 aromatic rings. The van der Waals surface area contributed by atoms with E-state index < -0.39 is 5.82 Å². The first kappa shape index (κ1) is 15.6. The number of nitrogens with two attached hydrogens (primary N) is 1. The number of pyridine rings is 1. The highest BCUT2D eigenvalue weighted by molar-refractivity contribution is 5.78. The van der Waals surface area contributed by atoms with E-state index in [0.717, 1.165) is 11.8 Å². The zero-order valence-electron chi connectivity index (χ0n) is 12.7. The number of halogens is 1. The average Bonchev–Trinajstić information content (AvgIpc) is 2.94. The summed E-state index contributed by atoms with van der Waals surface area (Å²) in [7, 11) is 1.76. The number of anilines is 1. The molecule has 22 heavy (non-hydrogen) atoms. The van der Waals surface area contributed by atoms with Crippen molar-refractivity contribution >= 4 is 5.95 Å². The molecule has 0 unspecified atom stereocenters. The lowest BCUT2D eigenvalue weighted by molar-refractivity contribution is 0.619. The molecule has 0 bridgehead atoms. The van der Waals surface area contributed by atoms with Gasteiger partial charge >= 0.3 is 0 Å². The number of rotatable bonds is 2. The van der Waals surface area contributed by atoms with Gasteiger partial charge in [0.15, 0.2) is 5.82 Å². The summed E-state index contributed by atoms with van der Waals surface area (Å²) in [4.78, 5) is 11.6. The molecular weight excluding hydrogens is 283 g/mol. The lowest BCUT2D eigenvalue weighted by atomic mass is 10.1. The molecular formula is C15H17FN6. The predicted octanol–water partition coefficient (Wildman–Crippen LogP) is 2.69. The van der Waals surface area contributed by atoms with Gasteiger partial charge in [0.1, 0.15) is 11.4 Å². The van der Waals surface area contributed by atoms with Crippen molar-refractivity contribution in [3.8, 4) is 22.5 Å². The molecule has 3 heterocycles. The Bertz CT molecular complexity index is 754. The molecule has 0 radical (unpaired) electrons. The molecule has 3 aromatic heterocycles. The Morgan fingerprint density at radius 2 is 1.95 bits per heavy atom. The van der Waals surface area contributed by atoms with Crippen LogP contribution >= 0.6 is 0 Å². The van der Waals surface area contributed by atoms with Gasteiger partial charge in [0.2, 0.25) is 5.95 Å². The largest absolute Gasteiger partial charge is 0.368 e. The molecule has 7 heteroatoms. The Morgan fingerprint density at radius 3 is 2.64 bits per heavy atom. The zero-order chi connectivity index (χ0) is 16.1. The summed E-state index contributed by atoms with van der Waals surface area (Å²) in [6.07, 6.45) is 6.06. The number of aromatic nitrogens is 5. The van der Waals surface area contributed by atoms with Crippen LogP contribution in [0.2, 0.25) is 0 Å².